The van der Waals surface area contributed by atoms with Crippen LogP contribution in [0.2, 0.25) is 0 Å². The monoisotopic (exact) mass is 512 g/mol. The summed E-state index contributed by atoms with van der Waals surface area (Å²) >= 11 is 4.91. The van der Waals surface area contributed by atoms with Crippen LogP contribution in [-0.4, -0.2) is 20.4 Å². The number of nitro benzene ring substituents is 1. The molecule has 0 radical (unpaired) electrons. The number of fused-ring (bicyclic) bond motifs is 1. The minimum Gasteiger partial charge on any atom is -0.325 e. The summed E-state index contributed by atoms with van der Waals surface area (Å²) in [5.41, 5.74) is 1.81. The normalized spacial score (nSPS) is 10.9. The van der Waals surface area contributed by atoms with Crippen LogP contribution in [0.5, 0.6) is 0 Å². The first-order valence-electron chi connectivity index (χ1n) is 9.68. The van der Waals surface area contributed by atoms with Gasteiger partial charge in [0.15, 0.2) is 0 Å². The van der Waals surface area contributed by atoms with Crippen LogP contribution in [0.4, 0.5) is 11.4 Å². The number of hydrogen-bond donors (Lipinski definition) is 1. The minimum absolute atomic E-state index is 0.0708. The molecule has 0 saturated carbocycles. The van der Waals surface area contributed by atoms with Crippen molar-refractivity contribution < 1.29 is 9.72 Å². The van der Waals surface area contributed by atoms with Crippen molar-refractivity contribution in [2.24, 2.45) is 0 Å². The molecule has 0 aliphatic heterocycles. The maximum Gasteiger partial charge on any atom is 0.269 e. The summed E-state index contributed by atoms with van der Waals surface area (Å²) in [6.07, 6.45) is 2.13. The zero-order valence-electron chi connectivity index (χ0n) is 16.9. The summed E-state index contributed by atoms with van der Waals surface area (Å²) in [7, 11) is 0. The molecular weight excluding hydrogens is 496 g/mol. The third-order valence-corrected chi connectivity index (χ3v) is 6.65. The van der Waals surface area contributed by atoms with E-state index in [9.17, 15) is 19.7 Å². The molecule has 1 amide bonds. The van der Waals surface area contributed by atoms with E-state index < -0.39 is 10.8 Å². The Hall–Kier alpha value is -3.37. The van der Waals surface area contributed by atoms with Gasteiger partial charge in [-0.05, 0) is 36.2 Å². The molecule has 4 rings (SSSR count). The zero-order valence-corrected chi connectivity index (χ0v) is 19.3. The number of hydrogen-bond acceptors (Lipinski definition) is 6. The fraction of sp³-hybridized carbons (Fsp3) is 0.136. The number of nitrogens with one attached hydrogen (secondary N) is 1. The molecule has 4 aromatic rings. The van der Waals surface area contributed by atoms with Crippen molar-refractivity contribution >= 4 is 54.8 Å². The molecule has 0 unspecified atom stereocenters. The molecule has 0 fully saturated rings. The average Bonchev–Trinajstić information content (AvgIpc) is 3.16. The van der Waals surface area contributed by atoms with E-state index in [1.165, 1.54) is 46.5 Å². The Kier molecular flexibility index (Phi) is 6.15. The maximum atomic E-state index is 13.3. The summed E-state index contributed by atoms with van der Waals surface area (Å²) in [6, 6.07) is 13.2. The Balaban J connectivity index is 1.66. The summed E-state index contributed by atoms with van der Waals surface area (Å²) in [4.78, 5) is 42.2. The van der Waals surface area contributed by atoms with Gasteiger partial charge >= 0.3 is 0 Å². The Bertz CT molecular complexity index is 1380. The summed E-state index contributed by atoms with van der Waals surface area (Å²) in [5, 5.41) is 13.9. The summed E-state index contributed by atoms with van der Waals surface area (Å²) < 4.78 is 2.22. The number of benzene rings is 2. The van der Waals surface area contributed by atoms with Gasteiger partial charge in [-0.15, -0.1) is 11.3 Å². The molecule has 1 N–H and O–H groups in total. The highest BCUT2D eigenvalue weighted by atomic mass is 79.9. The second-order valence-electron chi connectivity index (χ2n) is 6.97. The smallest absolute Gasteiger partial charge is 0.269 e. The number of carbonyl (C=O) groups excluding carboxylic acids is 1. The van der Waals surface area contributed by atoms with Gasteiger partial charge in [0.05, 0.1) is 16.6 Å². The second-order valence-corrected chi connectivity index (χ2v) is 8.97. The fourth-order valence-corrected chi connectivity index (χ4v) is 4.73. The van der Waals surface area contributed by atoms with Crippen molar-refractivity contribution in [2.45, 2.75) is 19.9 Å². The van der Waals surface area contributed by atoms with Crippen LogP contribution in [0, 0.1) is 10.1 Å². The van der Waals surface area contributed by atoms with Gasteiger partial charge in [0, 0.05) is 32.7 Å². The Morgan fingerprint density at radius 3 is 2.50 bits per heavy atom. The molecule has 0 atom stereocenters. The van der Waals surface area contributed by atoms with Crippen LogP contribution in [0.25, 0.3) is 21.3 Å². The molecule has 0 saturated heterocycles. The molecule has 162 valence electrons. The van der Waals surface area contributed by atoms with Crippen LogP contribution in [0.1, 0.15) is 11.8 Å². The highest BCUT2D eigenvalue weighted by molar-refractivity contribution is 9.10. The molecule has 0 aliphatic carbocycles. The van der Waals surface area contributed by atoms with E-state index in [1.807, 2.05) is 31.2 Å². The number of thiophene rings is 1. The van der Waals surface area contributed by atoms with Crippen molar-refractivity contribution in [3.05, 3.63) is 84.7 Å². The van der Waals surface area contributed by atoms with E-state index in [4.69, 9.17) is 0 Å². The van der Waals surface area contributed by atoms with Gasteiger partial charge in [0.2, 0.25) is 5.91 Å². The van der Waals surface area contributed by atoms with Gasteiger partial charge in [0.25, 0.3) is 11.2 Å². The number of rotatable bonds is 6. The van der Waals surface area contributed by atoms with E-state index in [-0.39, 0.29) is 17.8 Å². The molecular formula is C22H17BrN4O4S. The number of non-ortho nitro benzene ring substituents is 1. The van der Waals surface area contributed by atoms with Crippen LogP contribution < -0.4 is 10.9 Å². The number of anilines is 1. The van der Waals surface area contributed by atoms with Crippen LogP contribution in [-0.2, 0) is 17.8 Å². The largest absolute Gasteiger partial charge is 0.325 e. The number of carbonyl (C=O) groups is 1. The first-order valence-corrected chi connectivity index (χ1v) is 11.3. The quantitative estimate of drug-likeness (QED) is 0.289. The molecule has 10 heteroatoms. The third kappa shape index (κ3) is 4.32. The van der Waals surface area contributed by atoms with E-state index in [2.05, 4.69) is 26.2 Å². The standard InChI is InChI=1S/C22H17BrN4O4S/c1-2-17-19(13-3-5-14(23)6-4-13)20-21(32-17)24-12-26(22(20)29)11-18(28)25-15-7-9-16(10-8-15)27(30)31/h3-10,12H,2,11H2,1H3,(H,25,28). The van der Waals surface area contributed by atoms with Crippen molar-refractivity contribution in [3.8, 4) is 11.1 Å². The van der Waals surface area contributed by atoms with Gasteiger partial charge in [-0.25, -0.2) is 4.98 Å². The first-order chi connectivity index (χ1) is 15.4. The number of nitrogens with zero attached hydrogens (tertiary/aromatic N) is 3. The molecule has 0 spiro atoms. The van der Waals surface area contributed by atoms with Gasteiger partial charge in [-0.2, -0.15) is 0 Å². The van der Waals surface area contributed by atoms with E-state index in [0.717, 1.165) is 26.9 Å². The molecule has 2 heterocycles. The van der Waals surface area contributed by atoms with Crippen molar-refractivity contribution in [2.75, 3.05) is 5.32 Å². The molecule has 32 heavy (non-hydrogen) atoms. The van der Waals surface area contributed by atoms with Crippen molar-refractivity contribution in [1.29, 1.82) is 0 Å². The minimum atomic E-state index is -0.513. The Morgan fingerprint density at radius 1 is 1.19 bits per heavy atom. The Morgan fingerprint density at radius 2 is 1.88 bits per heavy atom. The van der Waals surface area contributed by atoms with Gasteiger partial charge < -0.3 is 5.32 Å². The predicted molar refractivity (Wildman–Crippen MR) is 128 cm³/mol. The highest BCUT2D eigenvalue weighted by Gasteiger charge is 2.19. The van der Waals surface area contributed by atoms with E-state index in [1.54, 1.807) is 0 Å². The second kappa shape index (κ2) is 9.01. The van der Waals surface area contributed by atoms with Crippen LogP contribution in [0.15, 0.2) is 64.1 Å². The summed E-state index contributed by atoms with van der Waals surface area (Å²) in [6.45, 7) is 1.80. The van der Waals surface area contributed by atoms with Crippen molar-refractivity contribution in [3.63, 3.8) is 0 Å². The van der Waals surface area contributed by atoms with Crippen molar-refractivity contribution in [1.82, 2.24) is 9.55 Å². The molecule has 0 bridgehead atoms. The lowest BCUT2D eigenvalue weighted by molar-refractivity contribution is -0.384. The molecule has 0 aliphatic rings. The topological polar surface area (TPSA) is 107 Å². The lowest BCUT2D eigenvalue weighted by Gasteiger charge is -2.08. The highest BCUT2D eigenvalue weighted by Crippen LogP contribution is 2.36. The number of nitro groups is 1. The molecule has 2 aromatic heterocycles. The third-order valence-electron chi connectivity index (χ3n) is 4.88. The summed E-state index contributed by atoms with van der Waals surface area (Å²) in [5.74, 6) is -0.432. The lowest BCUT2D eigenvalue weighted by atomic mass is 10.0. The number of aryl methyl sites for hydroxylation is 1. The number of halogens is 1. The maximum absolute atomic E-state index is 13.3. The van der Waals surface area contributed by atoms with Crippen LogP contribution in [0.3, 0.4) is 0 Å². The Labute approximate surface area is 194 Å². The van der Waals surface area contributed by atoms with Crippen LogP contribution >= 0.6 is 27.3 Å². The average molecular weight is 513 g/mol. The fourth-order valence-electron chi connectivity index (χ4n) is 3.38. The first kappa shape index (κ1) is 21.8. The van der Waals surface area contributed by atoms with Gasteiger partial charge in [-0.1, -0.05) is 35.0 Å². The van der Waals surface area contributed by atoms with Gasteiger partial charge in [-0.3, -0.25) is 24.3 Å². The number of aromatic nitrogens is 2. The number of amides is 1. The van der Waals surface area contributed by atoms with E-state index in [0.29, 0.717) is 15.9 Å². The SMILES string of the molecule is CCc1sc2ncn(CC(=O)Nc3ccc([N+](=O)[O-])cc3)c(=O)c2c1-c1ccc(Br)cc1. The molecule has 2 aromatic carbocycles. The lowest BCUT2D eigenvalue weighted by Crippen LogP contribution is -2.27. The van der Waals surface area contributed by atoms with Gasteiger partial charge in [0.1, 0.15) is 11.4 Å². The predicted octanol–water partition coefficient (Wildman–Crippen LogP) is 5.00. The zero-order chi connectivity index (χ0) is 22.8. The molecule has 8 nitrogen and oxygen atoms in total. The van der Waals surface area contributed by atoms with E-state index >= 15 is 0 Å².